The minimum Gasteiger partial charge on any atom is -0.479 e. The van der Waals surface area contributed by atoms with E-state index in [0.717, 1.165) is 5.69 Å². The van der Waals surface area contributed by atoms with Crippen molar-refractivity contribution in [2.45, 2.75) is 19.4 Å². The van der Waals surface area contributed by atoms with Gasteiger partial charge in [0.2, 0.25) is 11.7 Å². The van der Waals surface area contributed by atoms with E-state index in [0.29, 0.717) is 36.3 Å². The number of nitrogens with zero attached hydrogens (tertiary/aromatic N) is 5. The van der Waals surface area contributed by atoms with Crippen LogP contribution < -0.4 is 9.64 Å². The summed E-state index contributed by atoms with van der Waals surface area (Å²) in [6.07, 6.45) is 1.27. The number of hydrogen-bond acceptors (Lipinski definition) is 7. The van der Waals surface area contributed by atoms with E-state index >= 15 is 0 Å². The van der Waals surface area contributed by atoms with E-state index in [-0.39, 0.29) is 5.91 Å². The molecule has 0 saturated heterocycles. The van der Waals surface area contributed by atoms with Crippen molar-refractivity contribution in [1.82, 2.24) is 25.3 Å². The van der Waals surface area contributed by atoms with Crippen LogP contribution in [0.1, 0.15) is 12.8 Å². The molecule has 9 nitrogen and oxygen atoms in total. The number of rotatable bonds is 4. The molecule has 0 radical (unpaired) electrons. The molecule has 4 rings (SSSR count). The molecule has 24 heavy (non-hydrogen) atoms. The molecule has 0 spiro atoms. The highest BCUT2D eigenvalue weighted by molar-refractivity contribution is 5.99. The van der Waals surface area contributed by atoms with Gasteiger partial charge in [0.15, 0.2) is 11.9 Å². The molecule has 2 aromatic heterocycles. The Bertz CT molecular complexity index is 860. The second-order valence-corrected chi connectivity index (χ2v) is 5.31. The summed E-state index contributed by atoms with van der Waals surface area (Å²) in [6, 6.07) is 7.45. The first-order valence-corrected chi connectivity index (χ1v) is 7.48. The Morgan fingerprint density at radius 2 is 2.21 bits per heavy atom. The van der Waals surface area contributed by atoms with Gasteiger partial charge in [-0.05, 0) is 19.1 Å². The van der Waals surface area contributed by atoms with Crippen LogP contribution >= 0.6 is 0 Å². The lowest BCUT2D eigenvalue weighted by Crippen LogP contribution is -2.45. The van der Waals surface area contributed by atoms with Crippen molar-refractivity contribution < 1.29 is 14.1 Å². The summed E-state index contributed by atoms with van der Waals surface area (Å²) < 4.78 is 10.8. The summed E-state index contributed by atoms with van der Waals surface area (Å²) >= 11 is 0. The number of ether oxygens (including phenoxy) is 1. The van der Waals surface area contributed by atoms with Gasteiger partial charge >= 0.3 is 0 Å². The van der Waals surface area contributed by atoms with Crippen molar-refractivity contribution in [3.05, 3.63) is 36.5 Å². The third-order valence-electron chi connectivity index (χ3n) is 3.72. The molecule has 9 heteroatoms. The van der Waals surface area contributed by atoms with Crippen molar-refractivity contribution in [3.8, 4) is 17.4 Å². The average Bonchev–Trinajstić information content (AvgIpc) is 3.26. The molecule has 1 aliphatic rings. The van der Waals surface area contributed by atoms with Gasteiger partial charge in [0.25, 0.3) is 5.91 Å². The van der Waals surface area contributed by atoms with Crippen LogP contribution in [0, 0.1) is 0 Å². The van der Waals surface area contributed by atoms with E-state index in [2.05, 4.69) is 25.3 Å². The van der Waals surface area contributed by atoms with Crippen molar-refractivity contribution in [2.24, 2.45) is 0 Å². The van der Waals surface area contributed by atoms with Crippen molar-refractivity contribution >= 4 is 11.6 Å². The summed E-state index contributed by atoms with van der Waals surface area (Å²) in [5, 5.41) is 10.3. The number of fused-ring (bicyclic) bond motifs is 1. The molecular formula is C15H14N6O3. The number of benzene rings is 1. The number of para-hydroxylation sites is 2. The fourth-order valence-electron chi connectivity index (χ4n) is 2.56. The molecule has 0 aliphatic carbocycles. The second kappa shape index (κ2) is 5.76. The first-order chi connectivity index (χ1) is 11.7. The van der Waals surface area contributed by atoms with Gasteiger partial charge in [-0.15, -0.1) is 0 Å². The van der Waals surface area contributed by atoms with Gasteiger partial charge < -0.3 is 14.2 Å². The van der Waals surface area contributed by atoms with Gasteiger partial charge in [0.1, 0.15) is 12.1 Å². The lowest BCUT2D eigenvalue weighted by molar-refractivity contribution is -0.125. The number of aromatic amines is 1. The Labute approximate surface area is 136 Å². The van der Waals surface area contributed by atoms with Gasteiger partial charge in [-0.25, -0.2) is 4.98 Å². The van der Waals surface area contributed by atoms with E-state index in [1.54, 1.807) is 11.8 Å². The molecule has 3 heterocycles. The summed E-state index contributed by atoms with van der Waals surface area (Å²) in [6.45, 7) is 2.15. The third-order valence-corrected chi connectivity index (χ3v) is 3.72. The number of anilines is 1. The van der Waals surface area contributed by atoms with Crippen molar-refractivity contribution in [1.29, 1.82) is 0 Å². The zero-order valence-corrected chi connectivity index (χ0v) is 12.8. The summed E-state index contributed by atoms with van der Waals surface area (Å²) in [4.78, 5) is 22.3. The fourth-order valence-corrected chi connectivity index (χ4v) is 2.56. The van der Waals surface area contributed by atoms with Gasteiger partial charge in [0.05, 0.1) is 5.69 Å². The lowest BCUT2D eigenvalue weighted by atomic mass is 10.2. The van der Waals surface area contributed by atoms with E-state index in [4.69, 9.17) is 9.26 Å². The number of nitrogens with one attached hydrogen (secondary N) is 1. The second-order valence-electron chi connectivity index (χ2n) is 5.31. The van der Waals surface area contributed by atoms with Gasteiger partial charge in [-0.1, -0.05) is 17.3 Å². The highest BCUT2D eigenvalue weighted by Crippen LogP contribution is 2.33. The molecule has 1 aliphatic heterocycles. The smallest absolute Gasteiger partial charge is 0.267 e. The maximum absolute atomic E-state index is 12.4. The number of H-pyrrole nitrogens is 1. The molecule has 1 unspecified atom stereocenters. The van der Waals surface area contributed by atoms with Crippen LogP contribution in [0.25, 0.3) is 11.6 Å². The summed E-state index contributed by atoms with van der Waals surface area (Å²) in [5.74, 6) is 1.79. The Morgan fingerprint density at radius 1 is 1.33 bits per heavy atom. The number of amides is 1. The van der Waals surface area contributed by atoms with Gasteiger partial charge in [-0.3, -0.25) is 9.89 Å². The molecule has 1 N–H and O–H groups in total. The third kappa shape index (κ3) is 2.49. The molecule has 1 atom stereocenters. The van der Waals surface area contributed by atoms with E-state index in [1.807, 2.05) is 24.3 Å². The van der Waals surface area contributed by atoms with Gasteiger partial charge in [-0.2, -0.15) is 10.1 Å². The molecule has 122 valence electrons. The normalized spacial score (nSPS) is 16.8. The molecule has 0 bridgehead atoms. The average molecular weight is 326 g/mol. The lowest BCUT2D eigenvalue weighted by Gasteiger charge is -2.32. The maximum Gasteiger partial charge on any atom is 0.267 e. The van der Waals surface area contributed by atoms with Crippen molar-refractivity contribution in [3.63, 3.8) is 0 Å². The van der Waals surface area contributed by atoms with Crippen LogP contribution in [-0.2, 0) is 11.2 Å². The molecule has 0 fully saturated rings. The maximum atomic E-state index is 12.4. The highest BCUT2D eigenvalue weighted by Gasteiger charge is 2.31. The highest BCUT2D eigenvalue weighted by atomic mass is 16.5. The predicted octanol–water partition coefficient (Wildman–Crippen LogP) is 1.21. The van der Waals surface area contributed by atoms with E-state index in [9.17, 15) is 4.79 Å². The summed E-state index contributed by atoms with van der Waals surface area (Å²) in [5.41, 5.74) is 0.746. The van der Waals surface area contributed by atoms with Crippen LogP contribution in [0.15, 0.2) is 35.1 Å². The van der Waals surface area contributed by atoms with Crippen LogP contribution in [0.2, 0.25) is 0 Å². The van der Waals surface area contributed by atoms with Crippen molar-refractivity contribution in [2.75, 3.05) is 11.4 Å². The molecule has 0 saturated carbocycles. The van der Waals surface area contributed by atoms with Crippen LogP contribution in [0.3, 0.4) is 0 Å². The quantitative estimate of drug-likeness (QED) is 0.767. The Kier molecular flexibility index (Phi) is 3.45. The Morgan fingerprint density at radius 3 is 3.04 bits per heavy atom. The zero-order chi connectivity index (χ0) is 16.5. The molecular weight excluding hydrogens is 312 g/mol. The fraction of sp³-hybridized carbons (Fsp3) is 0.267. The largest absolute Gasteiger partial charge is 0.479 e. The predicted molar refractivity (Wildman–Crippen MR) is 82.3 cm³/mol. The summed E-state index contributed by atoms with van der Waals surface area (Å²) in [7, 11) is 0. The monoisotopic (exact) mass is 326 g/mol. The van der Waals surface area contributed by atoms with E-state index in [1.165, 1.54) is 6.33 Å². The van der Waals surface area contributed by atoms with Crippen LogP contribution in [0.5, 0.6) is 5.75 Å². The molecule has 1 amide bonds. The van der Waals surface area contributed by atoms with Gasteiger partial charge in [0, 0.05) is 13.0 Å². The Hall–Kier alpha value is -3.23. The SMILES string of the molecule is CC1Oc2ccccc2N(CCc2nc(-c3ncn[nH]3)no2)C1=O. The first-order valence-electron chi connectivity index (χ1n) is 7.48. The molecule has 1 aromatic carbocycles. The minimum absolute atomic E-state index is 0.0938. The first kappa shape index (κ1) is 14.4. The Balaban J connectivity index is 1.52. The topological polar surface area (TPSA) is 110 Å². The number of carbonyl (C=O) groups is 1. The number of aromatic nitrogens is 5. The standard InChI is InChI=1S/C15H14N6O3/c1-9-15(22)21(10-4-2-3-5-11(10)23-9)7-6-12-18-14(20-24-12)13-16-8-17-19-13/h2-5,8-9H,6-7H2,1H3,(H,16,17,19). The van der Waals surface area contributed by atoms with Crippen LogP contribution in [-0.4, -0.2) is 43.9 Å². The zero-order valence-electron chi connectivity index (χ0n) is 12.8. The number of hydrogen-bond donors (Lipinski definition) is 1. The number of carbonyl (C=O) groups excluding carboxylic acids is 1. The van der Waals surface area contributed by atoms with Crippen LogP contribution in [0.4, 0.5) is 5.69 Å². The van der Waals surface area contributed by atoms with E-state index < -0.39 is 6.10 Å². The minimum atomic E-state index is -0.521. The molecule has 3 aromatic rings.